The lowest BCUT2D eigenvalue weighted by Gasteiger charge is -2.31. The molecule has 0 saturated carbocycles. The van der Waals surface area contributed by atoms with Crippen LogP contribution in [0.15, 0.2) is 60.7 Å². The average molecular weight is 281 g/mol. The van der Waals surface area contributed by atoms with Crippen LogP contribution in [0.4, 0.5) is 0 Å². The van der Waals surface area contributed by atoms with E-state index in [2.05, 4.69) is 35.2 Å². The lowest BCUT2D eigenvalue weighted by Crippen LogP contribution is -2.34. The van der Waals surface area contributed by atoms with Crippen molar-refractivity contribution in [1.29, 1.82) is 0 Å². The van der Waals surface area contributed by atoms with Gasteiger partial charge in [-0.2, -0.15) is 0 Å². The van der Waals surface area contributed by atoms with Crippen molar-refractivity contribution in [2.75, 3.05) is 13.1 Å². The molecule has 1 aliphatic rings. The third-order valence-electron chi connectivity index (χ3n) is 4.67. The van der Waals surface area contributed by atoms with Gasteiger partial charge in [-0.3, -0.25) is 4.90 Å². The van der Waals surface area contributed by atoms with Gasteiger partial charge in [0.1, 0.15) is 0 Å². The van der Waals surface area contributed by atoms with E-state index < -0.39 is 5.60 Å². The molecule has 0 aliphatic carbocycles. The lowest BCUT2D eigenvalue weighted by atomic mass is 9.82. The molecule has 3 rings (SSSR count). The first kappa shape index (κ1) is 14.3. The molecule has 0 bridgehead atoms. The standard InChI is InChI=1S/C19H23NO/c1-19(21,17-10-6-3-7-11-17)18-12-13-20(15-18)14-16-8-4-2-5-9-16/h2-11,18,21H,12-15H2,1H3/t18-,19+/m1/s1. The molecule has 2 atom stereocenters. The molecule has 0 unspecified atom stereocenters. The van der Waals surface area contributed by atoms with E-state index in [4.69, 9.17) is 0 Å². The van der Waals surface area contributed by atoms with E-state index in [1.807, 2.05) is 37.3 Å². The Kier molecular flexibility index (Phi) is 4.09. The molecule has 2 nitrogen and oxygen atoms in total. The van der Waals surface area contributed by atoms with Crippen molar-refractivity contribution in [2.45, 2.75) is 25.5 Å². The van der Waals surface area contributed by atoms with E-state index in [0.29, 0.717) is 5.92 Å². The number of hydrogen-bond acceptors (Lipinski definition) is 2. The van der Waals surface area contributed by atoms with Crippen LogP contribution in [0.5, 0.6) is 0 Å². The van der Waals surface area contributed by atoms with Crippen LogP contribution < -0.4 is 0 Å². The van der Waals surface area contributed by atoms with Crippen LogP contribution >= 0.6 is 0 Å². The Labute approximate surface area is 127 Å². The molecule has 2 aromatic rings. The minimum absolute atomic E-state index is 0.295. The van der Waals surface area contributed by atoms with Gasteiger partial charge < -0.3 is 5.11 Å². The number of rotatable bonds is 4. The summed E-state index contributed by atoms with van der Waals surface area (Å²) in [6.07, 6.45) is 1.05. The fraction of sp³-hybridized carbons (Fsp3) is 0.368. The van der Waals surface area contributed by atoms with Gasteiger partial charge in [0.15, 0.2) is 0 Å². The second kappa shape index (κ2) is 6.00. The van der Waals surface area contributed by atoms with Gasteiger partial charge in [0.05, 0.1) is 5.60 Å². The Bertz CT molecular complexity index is 565. The maximum absolute atomic E-state index is 10.9. The van der Waals surface area contributed by atoms with E-state index in [1.54, 1.807) is 0 Å². The van der Waals surface area contributed by atoms with Gasteiger partial charge in [-0.1, -0.05) is 60.7 Å². The first-order valence-corrected chi connectivity index (χ1v) is 7.70. The Morgan fingerprint density at radius 1 is 1.05 bits per heavy atom. The van der Waals surface area contributed by atoms with Crippen LogP contribution in [0.3, 0.4) is 0 Å². The minimum atomic E-state index is -0.743. The van der Waals surface area contributed by atoms with Crippen molar-refractivity contribution in [3.8, 4) is 0 Å². The van der Waals surface area contributed by atoms with Gasteiger partial charge in [0, 0.05) is 19.0 Å². The summed E-state index contributed by atoms with van der Waals surface area (Å²) in [6.45, 7) is 4.94. The van der Waals surface area contributed by atoms with Crippen LogP contribution in [-0.2, 0) is 12.1 Å². The monoisotopic (exact) mass is 281 g/mol. The Morgan fingerprint density at radius 3 is 2.33 bits per heavy atom. The molecular formula is C19H23NO. The highest BCUT2D eigenvalue weighted by Crippen LogP contribution is 2.35. The van der Waals surface area contributed by atoms with E-state index in [1.165, 1.54) is 5.56 Å². The summed E-state index contributed by atoms with van der Waals surface area (Å²) in [4.78, 5) is 2.44. The summed E-state index contributed by atoms with van der Waals surface area (Å²) in [7, 11) is 0. The highest BCUT2D eigenvalue weighted by Gasteiger charge is 2.38. The number of nitrogens with zero attached hydrogens (tertiary/aromatic N) is 1. The van der Waals surface area contributed by atoms with Crippen LogP contribution in [0.1, 0.15) is 24.5 Å². The van der Waals surface area contributed by atoms with Gasteiger partial charge in [-0.15, -0.1) is 0 Å². The summed E-state index contributed by atoms with van der Waals surface area (Å²) in [5.41, 5.74) is 1.63. The minimum Gasteiger partial charge on any atom is -0.385 e. The van der Waals surface area contributed by atoms with Crippen molar-refractivity contribution < 1.29 is 5.11 Å². The van der Waals surface area contributed by atoms with Crippen molar-refractivity contribution in [3.63, 3.8) is 0 Å². The van der Waals surface area contributed by atoms with E-state index >= 15 is 0 Å². The molecule has 1 N–H and O–H groups in total. The predicted molar refractivity (Wildman–Crippen MR) is 85.8 cm³/mol. The summed E-state index contributed by atoms with van der Waals surface area (Å²) < 4.78 is 0. The Balaban J connectivity index is 1.67. The Morgan fingerprint density at radius 2 is 1.67 bits per heavy atom. The van der Waals surface area contributed by atoms with Crippen LogP contribution in [0.25, 0.3) is 0 Å². The van der Waals surface area contributed by atoms with Gasteiger partial charge in [0.2, 0.25) is 0 Å². The van der Waals surface area contributed by atoms with E-state index in [-0.39, 0.29) is 0 Å². The van der Waals surface area contributed by atoms with Gasteiger partial charge in [0.25, 0.3) is 0 Å². The molecule has 110 valence electrons. The summed E-state index contributed by atoms with van der Waals surface area (Å²) in [5.74, 6) is 0.295. The van der Waals surface area contributed by atoms with E-state index in [9.17, 15) is 5.11 Å². The van der Waals surface area contributed by atoms with Crippen molar-refractivity contribution in [3.05, 3.63) is 71.8 Å². The number of aliphatic hydroxyl groups is 1. The molecule has 1 saturated heterocycles. The second-order valence-electron chi connectivity index (χ2n) is 6.22. The molecule has 21 heavy (non-hydrogen) atoms. The smallest absolute Gasteiger partial charge is 0.0909 e. The normalized spacial score (nSPS) is 22.1. The zero-order chi connectivity index (χ0) is 14.7. The third kappa shape index (κ3) is 3.17. The van der Waals surface area contributed by atoms with Gasteiger partial charge in [-0.25, -0.2) is 0 Å². The number of likely N-dealkylation sites (tertiary alicyclic amines) is 1. The largest absolute Gasteiger partial charge is 0.385 e. The number of benzene rings is 2. The van der Waals surface area contributed by atoms with Gasteiger partial charge >= 0.3 is 0 Å². The first-order valence-electron chi connectivity index (χ1n) is 7.70. The second-order valence-corrected chi connectivity index (χ2v) is 6.22. The SMILES string of the molecule is C[C@](O)(c1ccccc1)[C@@H]1CCN(Cc2ccccc2)C1. The van der Waals surface area contributed by atoms with Crippen LogP contribution in [0.2, 0.25) is 0 Å². The molecular weight excluding hydrogens is 258 g/mol. The maximum Gasteiger partial charge on any atom is 0.0909 e. The third-order valence-corrected chi connectivity index (χ3v) is 4.67. The Hall–Kier alpha value is -1.64. The molecule has 1 fully saturated rings. The molecule has 0 radical (unpaired) electrons. The predicted octanol–water partition coefficient (Wildman–Crippen LogP) is 3.42. The first-order chi connectivity index (χ1) is 10.2. The molecule has 1 aliphatic heterocycles. The van der Waals surface area contributed by atoms with E-state index in [0.717, 1.165) is 31.6 Å². The quantitative estimate of drug-likeness (QED) is 0.928. The van der Waals surface area contributed by atoms with Crippen molar-refractivity contribution >= 4 is 0 Å². The molecule has 2 aromatic carbocycles. The fourth-order valence-corrected chi connectivity index (χ4v) is 3.29. The van der Waals surface area contributed by atoms with Crippen molar-refractivity contribution in [2.24, 2.45) is 5.92 Å². The molecule has 0 aromatic heterocycles. The lowest BCUT2D eigenvalue weighted by molar-refractivity contribution is -0.00231. The zero-order valence-electron chi connectivity index (χ0n) is 12.6. The summed E-state index contributed by atoms with van der Waals surface area (Å²) in [5, 5.41) is 10.9. The zero-order valence-corrected chi connectivity index (χ0v) is 12.6. The van der Waals surface area contributed by atoms with Crippen molar-refractivity contribution in [1.82, 2.24) is 4.90 Å². The van der Waals surface area contributed by atoms with Gasteiger partial charge in [-0.05, 0) is 31.0 Å². The summed E-state index contributed by atoms with van der Waals surface area (Å²) >= 11 is 0. The molecule has 0 spiro atoms. The highest BCUT2D eigenvalue weighted by atomic mass is 16.3. The van der Waals surface area contributed by atoms with Crippen LogP contribution in [-0.4, -0.2) is 23.1 Å². The molecule has 2 heteroatoms. The number of hydrogen-bond donors (Lipinski definition) is 1. The summed E-state index contributed by atoms with van der Waals surface area (Å²) in [6, 6.07) is 20.6. The fourth-order valence-electron chi connectivity index (χ4n) is 3.29. The molecule has 1 heterocycles. The topological polar surface area (TPSA) is 23.5 Å². The maximum atomic E-state index is 10.9. The molecule has 0 amide bonds. The average Bonchev–Trinajstić information content (AvgIpc) is 2.98. The highest BCUT2D eigenvalue weighted by molar-refractivity contribution is 5.23. The van der Waals surface area contributed by atoms with Crippen LogP contribution in [0, 0.1) is 5.92 Å².